The van der Waals surface area contributed by atoms with Crippen LogP contribution in [0.4, 0.5) is 0 Å². The second-order valence-electron chi connectivity index (χ2n) is 5.71. The van der Waals surface area contributed by atoms with E-state index in [1.807, 2.05) is 35.7 Å². The van der Waals surface area contributed by atoms with Gasteiger partial charge in [0.2, 0.25) is 0 Å². The molecule has 5 nitrogen and oxygen atoms in total. The number of halogens is 2. The maximum Gasteiger partial charge on any atom is 0.261 e. The fraction of sp³-hybridized carbons (Fsp3) is 0.222. The average Bonchev–Trinajstić information content (AvgIpc) is 2.96. The van der Waals surface area contributed by atoms with Gasteiger partial charge >= 0.3 is 0 Å². The zero-order valence-electron chi connectivity index (χ0n) is 13.8. The average molecular weight is 378 g/mol. The lowest BCUT2D eigenvalue weighted by Crippen LogP contribution is -2.36. The van der Waals surface area contributed by atoms with Crippen LogP contribution in [-0.2, 0) is 11.3 Å². The first-order valence-corrected chi connectivity index (χ1v) is 8.52. The quantitative estimate of drug-likeness (QED) is 0.729. The highest BCUT2D eigenvalue weighted by Gasteiger charge is 2.15. The van der Waals surface area contributed by atoms with Crippen molar-refractivity contribution in [2.45, 2.75) is 26.5 Å². The zero-order chi connectivity index (χ0) is 18.0. The van der Waals surface area contributed by atoms with Crippen molar-refractivity contribution < 1.29 is 9.53 Å². The van der Waals surface area contributed by atoms with Crippen molar-refractivity contribution in [3.8, 4) is 5.75 Å². The first-order valence-electron chi connectivity index (χ1n) is 7.76. The molecule has 1 atom stereocenters. The van der Waals surface area contributed by atoms with Gasteiger partial charge in [0.05, 0.1) is 12.2 Å². The Morgan fingerprint density at radius 2 is 2.00 bits per heavy atom. The number of rotatable bonds is 5. The van der Waals surface area contributed by atoms with Crippen molar-refractivity contribution in [3.05, 3.63) is 64.0 Å². The van der Waals surface area contributed by atoms with E-state index in [-0.39, 0.29) is 5.91 Å². The summed E-state index contributed by atoms with van der Waals surface area (Å²) in [4.78, 5) is 16.7. The summed E-state index contributed by atoms with van der Waals surface area (Å²) in [7, 11) is 0. The molecule has 0 aliphatic rings. The van der Waals surface area contributed by atoms with Crippen molar-refractivity contribution in [2.24, 2.45) is 0 Å². The molecule has 0 radical (unpaired) electrons. The number of imidazole rings is 1. The molecule has 0 saturated heterocycles. The van der Waals surface area contributed by atoms with Crippen LogP contribution in [-0.4, -0.2) is 21.4 Å². The molecule has 2 heterocycles. The summed E-state index contributed by atoms with van der Waals surface area (Å²) in [5.41, 5.74) is 2.71. The fourth-order valence-electron chi connectivity index (χ4n) is 2.46. The number of benzene rings is 1. The van der Waals surface area contributed by atoms with E-state index in [1.54, 1.807) is 25.1 Å². The predicted octanol–water partition coefficient (Wildman–Crippen LogP) is 4.03. The number of hydrogen-bond acceptors (Lipinski definition) is 3. The summed E-state index contributed by atoms with van der Waals surface area (Å²) in [5.74, 6) is 0.202. The Balaban J connectivity index is 1.62. The smallest absolute Gasteiger partial charge is 0.261 e. The highest BCUT2D eigenvalue weighted by Crippen LogP contribution is 2.24. The van der Waals surface area contributed by atoms with E-state index in [0.717, 1.165) is 17.0 Å². The second-order valence-corrected chi connectivity index (χ2v) is 6.58. The first kappa shape index (κ1) is 17.6. The van der Waals surface area contributed by atoms with Gasteiger partial charge < -0.3 is 14.5 Å². The van der Waals surface area contributed by atoms with Crippen molar-refractivity contribution in [2.75, 3.05) is 0 Å². The molecule has 0 saturated carbocycles. The van der Waals surface area contributed by atoms with Gasteiger partial charge in [0.15, 0.2) is 6.10 Å². The Labute approximate surface area is 155 Å². The van der Waals surface area contributed by atoms with Crippen LogP contribution in [0.1, 0.15) is 18.3 Å². The molecule has 130 valence electrons. The molecule has 2 aromatic heterocycles. The summed E-state index contributed by atoms with van der Waals surface area (Å²) in [6.45, 7) is 3.99. The molecule has 1 amide bonds. The minimum absolute atomic E-state index is 0.245. The fourth-order valence-corrected chi connectivity index (χ4v) is 2.97. The molecular formula is C18H17Cl2N3O2. The minimum Gasteiger partial charge on any atom is -0.481 e. The first-order chi connectivity index (χ1) is 11.9. The monoisotopic (exact) mass is 377 g/mol. The van der Waals surface area contributed by atoms with Gasteiger partial charge in [-0.25, -0.2) is 4.98 Å². The van der Waals surface area contributed by atoms with E-state index in [1.165, 1.54) is 0 Å². The molecule has 0 spiro atoms. The van der Waals surface area contributed by atoms with Gasteiger partial charge in [0.1, 0.15) is 11.4 Å². The van der Waals surface area contributed by atoms with Gasteiger partial charge in [0, 0.05) is 21.9 Å². The highest BCUT2D eigenvalue weighted by molar-refractivity contribution is 6.34. The number of hydrogen-bond donors (Lipinski definition) is 1. The Kier molecular flexibility index (Phi) is 5.16. The standard InChI is InChI=1S/C18H17Cl2N3O2/c1-11-4-3-5-17-22-15(10-23(11)17)9-21-18(24)12(2)25-16-7-13(19)6-14(20)8-16/h3-8,10,12H,9H2,1-2H3,(H,21,24). The maximum atomic E-state index is 12.2. The lowest BCUT2D eigenvalue weighted by molar-refractivity contribution is -0.127. The van der Waals surface area contributed by atoms with Crippen LogP contribution in [0.15, 0.2) is 42.6 Å². The number of carbonyl (C=O) groups excluding carboxylic acids is 1. The van der Waals surface area contributed by atoms with Crippen LogP contribution in [0, 0.1) is 6.92 Å². The third kappa shape index (κ3) is 4.24. The molecule has 1 aromatic carbocycles. The Hall–Kier alpha value is -2.24. The van der Waals surface area contributed by atoms with E-state index in [2.05, 4.69) is 10.3 Å². The third-order valence-corrected chi connectivity index (χ3v) is 4.14. The van der Waals surface area contributed by atoms with Crippen molar-refractivity contribution >= 4 is 34.8 Å². The Morgan fingerprint density at radius 1 is 1.28 bits per heavy atom. The third-order valence-electron chi connectivity index (χ3n) is 3.71. The van der Waals surface area contributed by atoms with E-state index in [0.29, 0.717) is 22.3 Å². The molecule has 3 rings (SSSR count). The van der Waals surface area contributed by atoms with Crippen molar-refractivity contribution in [3.63, 3.8) is 0 Å². The van der Waals surface area contributed by atoms with Crippen LogP contribution in [0.3, 0.4) is 0 Å². The summed E-state index contributed by atoms with van der Waals surface area (Å²) in [5, 5.41) is 3.73. The normalized spacial score (nSPS) is 12.2. The topological polar surface area (TPSA) is 55.6 Å². The number of aryl methyl sites for hydroxylation is 1. The van der Waals surface area contributed by atoms with Gasteiger partial charge in [0.25, 0.3) is 5.91 Å². The molecule has 0 aliphatic heterocycles. The largest absolute Gasteiger partial charge is 0.481 e. The van der Waals surface area contributed by atoms with E-state index < -0.39 is 6.10 Å². The predicted molar refractivity (Wildman–Crippen MR) is 98.3 cm³/mol. The molecule has 0 fully saturated rings. The van der Waals surface area contributed by atoms with Gasteiger partial charge in [-0.15, -0.1) is 0 Å². The van der Waals surface area contributed by atoms with E-state index >= 15 is 0 Å². The number of fused-ring (bicyclic) bond motifs is 1. The zero-order valence-corrected chi connectivity index (χ0v) is 15.3. The van der Waals surface area contributed by atoms with Gasteiger partial charge in [-0.1, -0.05) is 29.3 Å². The number of ether oxygens (including phenoxy) is 1. The van der Waals surface area contributed by atoms with Gasteiger partial charge in [-0.3, -0.25) is 4.79 Å². The molecule has 0 aliphatic carbocycles. The molecule has 7 heteroatoms. The number of aromatic nitrogens is 2. The van der Waals surface area contributed by atoms with Gasteiger partial charge in [-0.05, 0) is 44.2 Å². The Morgan fingerprint density at radius 3 is 2.68 bits per heavy atom. The molecule has 1 unspecified atom stereocenters. The van der Waals surface area contributed by atoms with Crippen LogP contribution in [0.2, 0.25) is 10.0 Å². The lowest BCUT2D eigenvalue weighted by atomic mass is 10.3. The minimum atomic E-state index is -0.687. The molecule has 0 bridgehead atoms. The number of pyridine rings is 1. The molecular weight excluding hydrogens is 361 g/mol. The number of carbonyl (C=O) groups is 1. The number of amides is 1. The van der Waals surface area contributed by atoms with Crippen LogP contribution < -0.4 is 10.1 Å². The molecule has 25 heavy (non-hydrogen) atoms. The summed E-state index contributed by atoms with van der Waals surface area (Å²) >= 11 is 11.9. The van der Waals surface area contributed by atoms with Crippen molar-refractivity contribution in [1.82, 2.24) is 14.7 Å². The Bertz CT molecular complexity index is 904. The van der Waals surface area contributed by atoms with Crippen LogP contribution in [0.5, 0.6) is 5.75 Å². The number of nitrogens with one attached hydrogen (secondary N) is 1. The van der Waals surface area contributed by atoms with E-state index in [4.69, 9.17) is 27.9 Å². The van der Waals surface area contributed by atoms with Crippen molar-refractivity contribution in [1.29, 1.82) is 0 Å². The summed E-state index contributed by atoms with van der Waals surface area (Å²) < 4.78 is 7.58. The molecule has 1 N–H and O–H groups in total. The van der Waals surface area contributed by atoms with Gasteiger partial charge in [-0.2, -0.15) is 0 Å². The SMILES string of the molecule is Cc1cccc2nc(CNC(=O)C(C)Oc3cc(Cl)cc(Cl)c3)cn12. The number of nitrogens with zero attached hydrogens (tertiary/aromatic N) is 2. The highest BCUT2D eigenvalue weighted by atomic mass is 35.5. The van der Waals surface area contributed by atoms with Crippen LogP contribution in [0.25, 0.3) is 5.65 Å². The lowest BCUT2D eigenvalue weighted by Gasteiger charge is -2.14. The molecule has 3 aromatic rings. The van der Waals surface area contributed by atoms with Crippen LogP contribution >= 0.6 is 23.2 Å². The maximum absolute atomic E-state index is 12.2. The summed E-state index contributed by atoms with van der Waals surface area (Å²) in [6.07, 6.45) is 1.22. The summed E-state index contributed by atoms with van der Waals surface area (Å²) in [6, 6.07) is 10.7. The second kappa shape index (κ2) is 7.33. The van der Waals surface area contributed by atoms with E-state index in [9.17, 15) is 4.79 Å².